The second-order valence-electron chi connectivity index (χ2n) is 9.87. The van der Waals surface area contributed by atoms with Crippen molar-refractivity contribution in [3.05, 3.63) is 71.5 Å². The Labute approximate surface area is 207 Å². The van der Waals surface area contributed by atoms with Crippen LogP contribution in [0, 0.1) is 6.92 Å². The maximum absolute atomic E-state index is 10.1. The van der Waals surface area contributed by atoms with Gasteiger partial charge in [0.2, 0.25) is 0 Å². The normalized spacial score (nSPS) is 17.2. The zero-order valence-corrected chi connectivity index (χ0v) is 20.7. The van der Waals surface area contributed by atoms with Crippen LogP contribution in [-0.4, -0.2) is 45.9 Å². The molecule has 0 saturated carbocycles. The predicted molar refractivity (Wildman–Crippen MR) is 142 cm³/mol. The molecular weight excluding hydrogens is 436 g/mol. The van der Waals surface area contributed by atoms with Crippen molar-refractivity contribution in [3.63, 3.8) is 0 Å². The smallest absolute Gasteiger partial charge is 0.116 e. The molecule has 1 fully saturated rings. The molecule has 0 spiro atoms. The third kappa shape index (κ3) is 5.40. The van der Waals surface area contributed by atoms with E-state index in [4.69, 9.17) is 4.74 Å². The summed E-state index contributed by atoms with van der Waals surface area (Å²) in [6, 6.07) is 13.0. The summed E-state index contributed by atoms with van der Waals surface area (Å²) < 4.78 is 8.47. The molecule has 1 aliphatic heterocycles. The summed E-state index contributed by atoms with van der Waals surface area (Å²) in [5.74, 6) is 1.62. The van der Waals surface area contributed by atoms with Gasteiger partial charge in [-0.25, -0.2) is 0 Å². The molecule has 0 unspecified atom stereocenters. The second-order valence-corrected chi connectivity index (χ2v) is 9.87. The number of rotatable bonds is 7. The topological polar surface area (TPSA) is 57.9 Å². The van der Waals surface area contributed by atoms with Gasteiger partial charge < -0.3 is 19.5 Å². The summed E-state index contributed by atoms with van der Waals surface area (Å²) in [6.45, 7) is 7.08. The number of allylic oxidation sites excluding steroid dienone is 4. The van der Waals surface area contributed by atoms with Crippen molar-refractivity contribution < 1.29 is 14.9 Å². The van der Waals surface area contributed by atoms with Crippen LogP contribution in [0.1, 0.15) is 44.1 Å². The van der Waals surface area contributed by atoms with Crippen LogP contribution in [-0.2, 0) is 11.3 Å². The highest BCUT2D eigenvalue weighted by Gasteiger charge is 2.18. The minimum absolute atomic E-state index is 0.259. The SMILES string of the molecule is Cc1c(-c2ccc(O)cc2)n(CC2=CC=C(OCCN3CCCCCC3)CC2)c2ccc(O)cc12. The van der Waals surface area contributed by atoms with Gasteiger partial charge in [0.15, 0.2) is 0 Å². The maximum Gasteiger partial charge on any atom is 0.116 e. The molecule has 1 aliphatic carbocycles. The van der Waals surface area contributed by atoms with Gasteiger partial charge in [0.05, 0.1) is 11.5 Å². The van der Waals surface area contributed by atoms with Crippen LogP contribution >= 0.6 is 0 Å². The Hall–Kier alpha value is -3.18. The quantitative estimate of drug-likeness (QED) is 0.411. The molecule has 5 heteroatoms. The highest BCUT2D eigenvalue weighted by molar-refractivity contribution is 5.92. The molecule has 1 saturated heterocycles. The molecule has 1 aromatic heterocycles. The minimum Gasteiger partial charge on any atom is -0.508 e. The number of nitrogens with zero attached hydrogens (tertiary/aromatic N) is 2. The Morgan fingerprint density at radius 1 is 0.857 bits per heavy atom. The van der Waals surface area contributed by atoms with Gasteiger partial charge in [0, 0.05) is 30.4 Å². The lowest BCUT2D eigenvalue weighted by Crippen LogP contribution is -2.28. The minimum atomic E-state index is 0.259. The highest BCUT2D eigenvalue weighted by atomic mass is 16.5. The number of benzene rings is 2. The number of aromatic hydroxyl groups is 2. The molecule has 2 aromatic carbocycles. The van der Waals surface area contributed by atoms with Crippen molar-refractivity contribution in [1.29, 1.82) is 0 Å². The first kappa shape index (κ1) is 23.6. The first-order chi connectivity index (χ1) is 17.1. The molecule has 2 heterocycles. The Balaban J connectivity index is 1.33. The molecule has 0 amide bonds. The summed E-state index contributed by atoms with van der Waals surface area (Å²) in [4.78, 5) is 2.54. The van der Waals surface area contributed by atoms with E-state index in [0.29, 0.717) is 0 Å². The van der Waals surface area contributed by atoms with Crippen LogP contribution in [0.4, 0.5) is 0 Å². The van der Waals surface area contributed by atoms with E-state index in [2.05, 4.69) is 28.5 Å². The van der Waals surface area contributed by atoms with E-state index >= 15 is 0 Å². The number of ether oxygens (including phenoxy) is 1. The maximum atomic E-state index is 10.1. The van der Waals surface area contributed by atoms with E-state index in [1.807, 2.05) is 24.3 Å². The van der Waals surface area contributed by atoms with Gasteiger partial charge >= 0.3 is 0 Å². The first-order valence-electron chi connectivity index (χ1n) is 12.9. The second kappa shape index (κ2) is 10.6. The van der Waals surface area contributed by atoms with Crippen molar-refractivity contribution in [2.24, 2.45) is 0 Å². The number of aromatic nitrogens is 1. The Morgan fingerprint density at radius 3 is 2.31 bits per heavy atom. The molecule has 35 heavy (non-hydrogen) atoms. The summed E-state index contributed by atoms with van der Waals surface area (Å²) in [5.41, 5.74) is 5.77. The standard InChI is InChI=1S/C30H36N2O3/c1-22-28-20-26(34)12-15-29(28)32(30(22)24-8-10-25(33)11-9-24)21-23-6-13-27(14-7-23)35-19-18-31-16-4-2-3-5-17-31/h6,8-13,15,20,33-34H,2-5,7,14,16-19,21H2,1H3. The van der Waals surface area contributed by atoms with E-state index in [0.717, 1.165) is 66.0 Å². The third-order valence-corrected chi connectivity index (χ3v) is 7.39. The molecule has 5 rings (SSSR count). The molecule has 3 aromatic rings. The number of phenolic OH excluding ortho intramolecular Hbond substituents is 2. The highest BCUT2D eigenvalue weighted by Crippen LogP contribution is 2.37. The average molecular weight is 473 g/mol. The van der Waals surface area contributed by atoms with E-state index in [-0.39, 0.29) is 11.5 Å². The van der Waals surface area contributed by atoms with Crippen molar-refractivity contribution in [2.75, 3.05) is 26.2 Å². The van der Waals surface area contributed by atoms with Crippen LogP contribution in [0.25, 0.3) is 22.2 Å². The largest absolute Gasteiger partial charge is 0.508 e. The fraction of sp³-hybridized carbons (Fsp3) is 0.400. The van der Waals surface area contributed by atoms with Crippen molar-refractivity contribution in [2.45, 2.75) is 52.0 Å². The number of aryl methyl sites for hydroxylation is 1. The molecule has 2 aliphatic rings. The number of hydrogen-bond donors (Lipinski definition) is 2. The summed E-state index contributed by atoms with van der Waals surface area (Å²) in [6.07, 6.45) is 11.6. The summed E-state index contributed by atoms with van der Waals surface area (Å²) >= 11 is 0. The molecular formula is C30H36N2O3. The van der Waals surface area contributed by atoms with Gasteiger partial charge in [-0.2, -0.15) is 0 Å². The van der Waals surface area contributed by atoms with Gasteiger partial charge in [0.25, 0.3) is 0 Å². The van der Waals surface area contributed by atoms with E-state index in [9.17, 15) is 10.2 Å². The van der Waals surface area contributed by atoms with Gasteiger partial charge in [0.1, 0.15) is 18.1 Å². The lowest BCUT2D eigenvalue weighted by Gasteiger charge is -2.22. The summed E-state index contributed by atoms with van der Waals surface area (Å²) in [7, 11) is 0. The molecule has 184 valence electrons. The third-order valence-electron chi connectivity index (χ3n) is 7.39. The Kier molecular flexibility index (Phi) is 7.14. The lowest BCUT2D eigenvalue weighted by molar-refractivity contribution is 0.153. The zero-order chi connectivity index (χ0) is 24.2. The van der Waals surface area contributed by atoms with Gasteiger partial charge in [-0.3, -0.25) is 4.90 Å². The van der Waals surface area contributed by atoms with Crippen LogP contribution < -0.4 is 0 Å². The van der Waals surface area contributed by atoms with E-state index in [1.54, 1.807) is 18.2 Å². The number of hydrogen-bond acceptors (Lipinski definition) is 4. The Bertz CT molecular complexity index is 1230. The Morgan fingerprint density at radius 2 is 1.60 bits per heavy atom. The van der Waals surface area contributed by atoms with E-state index < -0.39 is 0 Å². The lowest BCUT2D eigenvalue weighted by atomic mass is 10.0. The molecule has 0 radical (unpaired) electrons. The molecule has 5 nitrogen and oxygen atoms in total. The zero-order valence-electron chi connectivity index (χ0n) is 20.7. The molecule has 0 atom stereocenters. The van der Waals surface area contributed by atoms with Gasteiger partial charge in [-0.05, 0) is 105 Å². The fourth-order valence-electron chi connectivity index (χ4n) is 5.45. The number of phenols is 2. The monoisotopic (exact) mass is 472 g/mol. The van der Waals surface area contributed by atoms with Crippen molar-refractivity contribution >= 4 is 10.9 Å². The van der Waals surface area contributed by atoms with Crippen molar-refractivity contribution in [1.82, 2.24) is 9.47 Å². The van der Waals surface area contributed by atoms with Gasteiger partial charge in [-0.1, -0.05) is 18.9 Å². The fourth-order valence-corrected chi connectivity index (χ4v) is 5.45. The summed E-state index contributed by atoms with van der Waals surface area (Å²) in [5, 5.41) is 20.9. The van der Waals surface area contributed by atoms with Crippen LogP contribution in [0.5, 0.6) is 11.5 Å². The van der Waals surface area contributed by atoms with Crippen molar-refractivity contribution in [3.8, 4) is 22.8 Å². The van der Waals surface area contributed by atoms with Crippen LogP contribution in [0.15, 0.2) is 65.9 Å². The number of likely N-dealkylation sites (tertiary alicyclic amines) is 1. The van der Waals surface area contributed by atoms with Gasteiger partial charge in [-0.15, -0.1) is 0 Å². The molecule has 0 bridgehead atoms. The predicted octanol–water partition coefficient (Wildman–Crippen LogP) is 6.52. The molecule has 2 N–H and O–H groups in total. The van der Waals surface area contributed by atoms with Crippen LogP contribution in [0.3, 0.4) is 0 Å². The average Bonchev–Trinajstić information content (AvgIpc) is 3.01. The van der Waals surface area contributed by atoms with E-state index in [1.165, 1.54) is 44.3 Å². The number of fused-ring (bicyclic) bond motifs is 1. The van der Waals surface area contributed by atoms with Crippen LogP contribution in [0.2, 0.25) is 0 Å². The first-order valence-corrected chi connectivity index (χ1v) is 12.9.